The minimum atomic E-state index is -4.16. The van der Waals surface area contributed by atoms with Crippen LogP contribution in [-0.4, -0.2) is 26.5 Å². The van der Waals surface area contributed by atoms with Crippen molar-refractivity contribution in [3.63, 3.8) is 0 Å². The van der Waals surface area contributed by atoms with Gasteiger partial charge in [-0.3, -0.25) is 0 Å². The molecule has 1 aliphatic carbocycles. The predicted octanol–water partition coefficient (Wildman–Crippen LogP) is 2.02. The maximum Gasteiger partial charge on any atom is 0.494 e. The van der Waals surface area contributed by atoms with Crippen molar-refractivity contribution < 1.29 is 22.5 Å². The lowest BCUT2D eigenvalue weighted by Gasteiger charge is -2.19. The summed E-state index contributed by atoms with van der Waals surface area (Å²) in [7, 11) is -0.430. The largest absolute Gasteiger partial charge is 0.494 e. The molecule has 1 heterocycles. The van der Waals surface area contributed by atoms with Crippen LogP contribution in [0.15, 0.2) is 24.3 Å². The Balaban J connectivity index is 1.83. The molecule has 6 heteroatoms. The van der Waals surface area contributed by atoms with Crippen LogP contribution in [0.3, 0.4) is 0 Å². The average Bonchev–Trinajstić information content (AvgIpc) is 2.99. The van der Waals surface area contributed by atoms with Crippen molar-refractivity contribution in [2.75, 3.05) is 13.2 Å². The molecule has 1 aliphatic heterocycles. The minimum absolute atomic E-state index is 0.187. The van der Waals surface area contributed by atoms with Crippen molar-refractivity contribution in [3.05, 3.63) is 29.8 Å². The van der Waals surface area contributed by atoms with E-state index in [2.05, 4.69) is 0 Å². The summed E-state index contributed by atoms with van der Waals surface area (Å²) in [5.74, 6) is 0. The summed E-state index contributed by atoms with van der Waals surface area (Å²) >= 11 is 0. The third kappa shape index (κ3) is 1.84. The van der Waals surface area contributed by atoms with Gasteiger partial charge in [0.2, 0.25) is 0 Å². The van der Waals surface area contributed by atoms with Crippen molar-refractivity contribution in [1.29, 1.82) is 0 Å². The fraction of sp³-hybridized carbons (Fsp3) is 0.500. The van der Waals surface area contributed by atoms with E-state index in [1.807, 2.05) is 0 Å². The standard InChI is InChI=1S/C12H12BF3O2/c14-12(15,16)11(5-6-11)9-1-3-10(4-2-9)13-17-7-8-18-13/h1-4H,5-8H2. The van der Waals surface area contributed by atoms with Crippen LogP contribution in [0.2, 0.25) is 0 Å². The number of benzene rings is 1. The predicted molar refractivity (Wildman–Crippen MR) is 60.7 cm³/mol. The molecule has 0 bridgehead atoms. The lowest BCUT2D eigenvalue weighted by Crippen LogP contribution is -2.33. The maximum absolute atomic E-state index is 12.9. The van der Waals surface area contributed by atoms with Crippen molar-refractivity contribution in [2.24, 2.45) is 0 Å². The van der Waals surface area contributed by atoms with Gasteiger partial charge in [-0.05, 0) is 23.9 Å². The van der Waals surface area contributed by atoms with Crippen LogP contribution in [0.5, 0.6) is 0 Å². The Labute approximate surface area is 103 Å². The molecule has 2 fully saturated rings. The topological polar surface area (TPSA) is 18.5 Å². The molecule has 0 spiro atoms. The monoisotopic (exact) mass is 256 g/mol. The average molecular weight is 256 g/mol. The van der Waals surface area contributed by atoms with Gasteiger partial charge in [-0.2, -0.15) is 13.2 Å². The molecule has 2 nitrogen and oxygen atoms in total. The van der Waals surface area contributed by atoms with Crippen LogP contribution < -0.4 is 5.46 Å². The molecule has 0 aromatic heterocycles. The maximum atomic E-state index is 12.9. The van der Waals surface area contributed by atoms with E-state index in [9.17, 15) is 13.2 Å². The minimum Gasteiger partial charge on any atom is -0.405 e. The summed E-state index contributed by atoms with van der Waals surface area (Å²) < 4.78 is 49.4. The molecule has 18 heavy (non-hydrogen) atoms. The highest BCUT2D eigenvalue weighted by Gasteiger charge is 2.64. The number of hydrogen-bond acceptors (Lipinski definition) is 2. The Morgan fingerprint density at radius 3 is 2.00 bits per heavy atom. The van der Waals surface area contributed by atoms with Crippen molar-refractivity contribution >= 4 is 12.6 Å². The van der Waals surface area contributed by atoms with E-state index < -0.39 is 18.7 Å². The molecule has 0 radical (unpaired) electrons. The van der Waals surface area contributed by atoms with Gasteiger partial charge in [0.25, 0.3) is 0 Å². The van der Waals surface area contributed by atoms with E-state index in [0.29, 0.717) is 18.8 Å². The van der Waals surface area contributed by atoms with E-state index in [1.165, 1.54) is 0 Å². The zero-order chi connectivity index (χ0) is 12.8. The van der Waals surface area contributed by atoms with Crippen LogP contribution in [0, 0.1) is 0 Å². The second-order valence-corrected chi connectivity index (χ2v) is 4.78. The van der Waals surface area contributed by atoms with E-state index in [4.69, 9.17) is 9.31 Å². The van der Waals surface area contributed by atoms with Crippen molar-refractivity contribution in [2.45, 2.75) is 24.4 Å². The first-order valence-corrected chi connectivity index (χ1v) is 5.93. The second-order valence-electron chi connectivity index (χ2n) is 4.78. The highest BCUT2D eigenvalue weighted by molar-refractivity contribution is 6.61. The van der Waals surface area contributed by atoms with E-state index in [-0.39, 0.29) is 12.8 Å². The lowest BCUT2D eigenvalue weighted by molar-refractivity contribution is -0.160. The Bertz CT molecular complexity index is 434. The summed E-state index contributed by atoms with van der Waals surface area (Å²) in [6.45, 7) is 1.05. The third-order valence-corrected chi connectivity index (χ3v) is 3.65. The SMILES string of the molecule is FC(F)(F)C1(c2ccc(B3OCCO3)cc2)CC1. The zero-order valence-corrected chi connectivity index (χ0v) is 9.67. The van der Waals surface area contributed by atoms with Crippen molar-refractivity contribution in [1.82, 2.24) is 0 Å². The molecule has 0 N–H and O–H groups in total. The number of alkyl halides is 3. The van der Waals surface area contributed by atoms with Gasteiger partial charge < -0.3 is 9.31 Å². The van der Waals surface area contributed by atoms with Crippen LogP contribution in [0.4, 0.5) is 13.2 Å². The first-order chi connectivity index (χ1) is 8.53. The first-order valence-electron chi connectivity index (χ1n) is 5.93. The molecular weight excluding hydrogens is 244 g/mol. The van der Waals surface area contributed by atoms with Crippen LogP contribution in [0.25, 0.3) is 0 Å². The molecule has 1 saturated heterocycles. The quantitative estimate of drug-likeness (QED) is 0.753. The van der Waals surface area contributed by atoms with Crippen molar-refractivity contribution in [3.8, 4) is 0 Å². The first kappa shape index (κ1) is 12.1. The Kier molecular flexibility index (Phi) is 2.68. The van der Waals surface area contributed by atoms with Crippen LogP contribution in [0.1, 0.15) is 18.4 Å². The summed E-state index contributed by atoms with van der Waals surface area (Å²) in [5.41, 5.74) is -0.492. The molecule has 0 unspecified atom stereocenters. The molecule has 2 aliphatic rings. The molecule has 1 saturated carbocycles. The third-order valence-electron chi connectivity index (χ3n) is 3.65. The molecule has 96 valence electrons. The van der Waals surface area contributed by atoms with E-state index >= 15 is 0 Å². The van der Waals surface area contributed by atoms with Crippen LogP contribution in [-0.2, 0) is 14.7 Å². The second kappa shape index (κ2) is 4.00. The Morgan fingerprint density at radius 1 is 1.00 bits per heavy atom. The summed E-state index contributed by atoms with van der Waals surface area (Å²) in [4.78, 5) is 0. The smallest absolute Gasteiger partial charge is 0.405 e. The Morgan fingerprint density at radius 2 is 1.56 bits per heavy atom. The van der Waals surface area contributed by atoms with Gasteiger partial charge >= 0.3 is 13.3 Å². The summed E-state index contributed by atoms with van der Waals surface area (Å²) in [6.07, 6.45) is -3.78. The van der Waals surface area contributed by atoms with Gasteiger partial charge in [0.15, 0.2) is 0 Å². The molecular formula is C12H12BF3O2. The zero-order valence-electron chi connectivity index (χ0n) is 9.67. The fourth-order valence-corrected chi connectivity index (χ4v) is 2.37. The van der Waals surface area contributed by atoms with Gasteiger partial charge in [-0.1, -0.05) is 24.3 Å². The van der Waals surface area contributed by atoms with Gasteiger partial charge in [-0.15, -0.1) is 0 Å². The van der Waals surface area contributed by atoms with Gasteiger partial charge in [0, 0.05) is 0 Å². The van der Waals surface area contributed by atoms with Gasteiger partial charge in [0.05, 0.1) is 18.6 Å². The highest BCUT2D eigenvalue weighted by Crippen LogP contribution is 2.58. The molecule has 0 amide bonds. The van der Waals surface area contributed by atoms with E-state index in [0.717, 1.165) is 5.46 Å². The lowest BCUT2D eigenvalue weighted by atomic mass is 9.78. The number of rotatable bonds is 2. The van der Waals surface area contributed by atoms with Crippen LogP contribution >= 0.6 is 0 Å². The Hall–Kier alpha value is -1.01. The van der Waals surface area contributed by atoms with Gasteiger partial charge in [-0.25, -0.2) is 0 Å². The fourth-order valence-electron chi connectivity index (χ4n) is 2.37. The normalized spacial score (nSPS) is 22.3. The number of halogens is 3. The molecule has 3 rings (SSSR count). The summed E-state index contributed by atoms with van der Waals surface area (Å²) in [5, 5.41) is 0. The number of hydrogen-bond donors (Lipinski definition) is 0. The van der Waals surface area contributed by atoms with E-state index in [1.54, 1.807) is 24.3 Å². The van der Waals surface area contributed by atoms with Gasteiger partial charge in [0.1, 0.15) is 0 Å². The molecule has 0 atom stereocenters. The molecule has 1 aromatic rings. The highest BCUT2D eigenvalue weighted by atomic mass is 19.4. The molecule has 1 aromatic carbocycles. The summed E-state index contributed by atoms with van der Waals surface area (Å²) in [6, 6.07) is 6.41.